The minimum Gasteiger partial charge on any atom is -0.508 e. The lowest BCUT2D eigenvalue weighted by Gasteiger charge is -1.92. The van der Waals surface area contributed by atoms with Gasteiger partial charge in [0.15, 0.2) is 0 Å². The summed E-state index contributed by atoms with van der Waals surface area (Å²) in [5.74, 6) is 0.283. The van der Waals surface area contributed by atoms with Crippen LogP contribution in [0.2, 0.25) is 0 Å². The Morgan fingerprint density at radius 1 is 1.42 bits per heavy atom. The predicted molar refractivity (Wildman–Crippen MR) is 50.1 cm³/mol. The van der Waals surface area contributed by atoms with Gasteiger partial charge in [0, 0.05) is 17.1 Å². The molecule has 12 heavy (non-hydrogen) atoms. The lowest BCUT2D eigenvalue weighted by atomic mass is 10.2. The van der Waals surface area contributed by atoms with Crippen LogP contribution in [0.4, 0.5) is 0 Å². The molecule has 2 rings (SSSR count). The summed E-state index contributed by atoms with van der Waals surface area (Å²) in [5.41, 5.74) is 2.03. The summed E-state index contributed by atoms with van der Waals surface area (Å²) in [6, 6.07) is 5.23. The maximum Gasteiger partial charge on any atom is 0.116 e. The highest BCUT2D eigenvalue weighted by molar-refractivity contribution is 5.89. The number of rotatable bonds is 1. The van der Waals surface area contributed by atoms with Crippen molar-refractivity contribution in [3.05, 3.63) is 36.5 Å². The molecule has 0 bridgehead atoms. The van der Waals surface area contributed by atoms with Gasteiger partial charge in [-0.3, -0.25) is 0 Å². The first-order valence-corrected chi connectivity index (χ1v) is 3.74. The van der Waals surface area contributed by atoms with Crippen LogP contribution in [0.25, 0.3) is 17.0 Å². The molecule has 0 fully saturated rings. The zero-order chi connectivity index (χ0) is 8.55. The number of aromatic nitrogens is 1. The third kappa shape index (κ3) is 0.889. The van der Waals surface area contributed by atoms with Crippen LogP contribution < -0.4 is 0 Å². The largest absolute Gasteiger partial charge is 0.508 e. The van der Waals surface area contributed by atoms with E-state index in [1.807, 2.05) is 12.3 Å². The number of fused-ring (bicyclic) bond motifs is 1. The highest BCUT2D eigenvalue weighted by Gasteiger charge is 1.99. The average Bonchev–Trinajstić information content (AvgIpc) is 2.46. The van der Waals surface area contributed by atoms with Crippen LogP contribution >= 0.6 is 0 Å². The topological polar surface area (TPSA) is 36.0 Å². The van der Waals surface area contributed by atoms with E-state index < -0.39 is 0 Å². The second-order valence-corrected chi connectivity index (χ2v) is 2.68. The van der Waals surface area contributed by atoms with E-state index in [2.05, 4.69) is 11.6 Å². The Kier molecular flexibility index (Phi) is 1.40. The van der Waals surface area contributed by atoms with Gasteiger partial charge in [0.2, 0.25) is 0 Å². The molecule has 1 aromatic carbocycles. The predicted octanol–water partition coefficient (Wildman–Crippen LogP) is 2.52. The number of benzene rings is 1. The fraction of sp³-hybridized carbons (Fsp3) is 0. The fourth-order valence-electron chi connectivity index (χ4n) is 1.30. The lowest BCUT2D eigenvalue weighted by Crippen LogP contribution is -1.68. The number of aromatic hydroxyl groups is 1. The summed E-state index contributed by atoms with van der Waals surface area (Å²) in [6.45, 7) is 3.68. The molecule has 2 nitrogen and oxygen atoms in total. The molecular weight excluding hydrogens is 150 g/mol. The van der Waals surface area contributed by atoms with E-state index in [1.165, 1.54) is 0 Å². The van der Waals surface area contributed by atoms with Crippen molar-refractivity contribution >= 4 is 17.0 Å². The molecule has 0 saturated heterocycles. The first-order chi connectivity index (χ1) is 5.81. The molecule has 0 aliphatic carbocycles. The highest BCUT2D eigenvalue weighted by atomic mass is 16.3. The van der Waals surface area contributed by atoms with Crippen molar-refractivity contribution in [2.24, 2.45) is 0 Å². The van der Waals surface area contributed by atoms with E-state index in [0.29, 0.717) is 0 Å². The SMILES string of the molecule is C=Cc1c[nH]c2ccc(O)cc12. The molecule has 0 spiro atoms. The first-order valence-electron chi connectivity index (χ1n) is 3.74. The Bertz CT molecular complexity index is 428. The Morgan fingerprint density at radius 2 is 2.25 bits per heavy atom. The van der Waals surface area contributed by atoms with Crippen LogP contribution in [0.5, 0.6) is 5.75 Å². The van der Waals surface area contributed by atoms with Gasteiger partial charge in [-0.25, -0.2) is 0 Å². The minimum absolute atomic E-state index is 0.283. The van der Waals surface area contributed by atoms with Crippen LogP contribution in [-0.4, -0.2) is 10.1 Å². The van der Waals surface area contributed by atoms with Crippen LogP contribution in [0.1, 0.15) is 5.56 Å². The Labute approximate surface area is 70.2 Å². The van der Waals surface area contributed by atoms with E-state index >= 15 is 0 Å². The number of H-pyrrole nitrogens is 1. The van der Waals surface area contributed by atoms with Crippen LogP contribution in [0, 0.1) is 0 Å². The van der Waals surface area contributed by atoms with Gasteiger partial charge < -0.3 is 10.1 Å². The number of nitrogens with one attached hydrogen (secondary N) is 1. The lowest BCUT2D eigenvalue weighted by molar-refractivity contribution is 0.476. The van der Waals surface area contributed by atoms with Crippen molar-refractivity contribution in [3.8, 4) is 5.75 Å². The Morgan fingerprint density at radius 3 is 3.00 bits per heavy atom. The maximum absolute atomic E-state index is 9.22. The maximum atomic E-state index is 9.22. The van der Waals surface area contributed by atoms with E-state index in [-0.39, 0.29) is 5.75 Å². The van der Waals surface area contributed by atoms with E-state index in [4.69, 9.17) is 0 Å². The van der Waals surface area contributed by atoms with Crippen LogP contribution in [0.3, 0.4) is 0 Å². The van der Waals surface area contributed by atoms with Crippen molar-refractivity contribution in [1.82, 2.24) is 4.98 Å². The number of hydrogen-bond donors (Lipinski definition) is 2. The van der Waals surface area contributed by atoms with Gasteiger partial charge in [0.1, 0.15) is 5.75 Å². The van der Waals surface area contributed by atoms with Gasteiger partial charge in [-0.15, -0.1) is 0 Å². The molecule has 0 saturated carbocycles. The van der Waals surface area contributed by atoms with Gasteiger partial charge in [0.25, 0.3) is 0 Å². The standard InChI is InChI=1S/C10H9NO/c1-2-7-6-11-10-4-3-8(12)5-9(7)10/h2-6,11-12H,1H2. The Hall–Kier alpha value is -1.70. The molecule has 2 heteroatoms. The summed E-state index contributed by atoms with van der Waals surface area (Å²) in [5, 5.41) is 10.2. The van der Waals surface area contributed by atoms with Crippen molar-refractivity contribution in [2.45, 2.75) is 0 Å². The van der Waals surface area contributed by atoms with Crippen molar-refractivity contribution in [1.29, 1.82) is 0 Å². The zero-order valence-corrected chi connectivity index (χ0v) is 6.54. The van der Waals surface area contributed by atoms with Crippen molar-refractivity contribution in [3.63, 3.8) is 0 Å². The molecule has 0 aliphatic rings. The summed E-state index contributed by atoms with van der Waals surface area (Å²) in [7, 11) is 0. The van der Waals surface area contributed by atoms with Crippen LogP contribution in [0.15, 0.2) is 31.0 Å². The van der Waals surface area contributed by atoms with E-state index in [1.54, 1.807) is 18.2 Å². The smallest absolute Gasteiger partial charge is 0.116 e. The molecule has 2 aromatic rings. The second kappa shape index (κ2) is 2.41. The molecule has 0 aliphatic heterocycles. The number of phenolic OH excluding ortho intramolecular Hbond substituents is 1. The average molecular weight is 159 g/mol. The van der Waals surface area contributed by atoms with Crippen molar-refractivity contribution in [2.75, 3.05) is 0 Å². The van der Waals surface area contributed by atoms with E-state index in [9.17, 15) is 5.11 Å². The number of hydrogen-bond acceptors (Lipinski definition) is 1. The normalized spacial score (nSPS) is 10.3. The molecule has 0 atom stereocenters. The molecule has 1 aromatic heterocycles. The monoisotopic (exact) mass is 159 g/mol. The van der Waals surface area contributed by atoms with Crippen molar-refractivity contribution < 1.29 is 5.11 Å². The second-order valence-electron chi connectivity index (χ2n) is 2.68. The first kappa shape index (κ1) is 6.98. The van der Waals surface area contributed by atoms with E-state index in [0.717, 1.165) is 16.5 Å². The minimum atomic E-state index is 0.283. The van der Waals surface area contributed by atoms with Crippen LogP contribution in [-0.2, 0) is 0 Å². The number of aromatic amines is 1. The molecule has 0 radical (unpaired) electrons. The zero-order valence-electron chi connectivity index (χ0n) is 6.54. The number of phenols is 1. The molecule has 2 N–H and O–H groups in total. The molecule has 0 unspecified atom stereocenters. The van der Waals surface area contributed by atoms with Gasteiger partial charge in [-0.1, -0.05) is 12.7 Å². The fourth-order valence-corrected chi connectivity index (χ4v) is 1.30. The summed E-state index contributed by atoms with van der Waals surface area (Å²) < 4.78 is 0. The van der Waals surface area contributed by atoms with Gasteiger partial charge in [0.05, 0.1) is 0 Å². The quantitative estimate of drug-likeness (QED) is 0.659. The molecule has 0 amide bonds. The van der Waals surface area contributed by atoms with Gasteiger partial charge in [-0.05, 0) is 23.8 Å². The van der Waals surface area contributed by atoms with Gasteiger partial charge in [-0.2, -0.15) is 0 Å². The molecular formula is C10H9NO. The highest BCUT2D eigenvalue weighted by Crippen LogP contribution is 2.23. The Balaban J connectivity index is 2.83. The third-order valence-electron chi connectivity index (χ3n) is 1.92. The van der Waals surface area contributed by atoms with Gasteiger partial charge >= 0.3 is 0 Å². The summed E-state index contributed by atoms with van der Waals surface area (Å²) in [4.78, 5) is 3.08. The summed E-state index contributed by atoms with van der Waals surface area (Å²) in [6.07, 6.45) is 3.63. The molecule has 1 heterocycles. The summed E-state index contributed by atoms with van der Waals surface area (Å²) >= 11 is 0. The third-order valence-corrected chi connectivity index (χ3v) is 1.92. The molecule has 60 valence electrons.